The molecule has 1 rings (SSSR count). The van der Waals surface area contributed by atoms with Crippen molar-refractivity contribution in [3.63, 3.8) is 0 Å². The van der Waals surface area contributed by atoms with Gasteiger partial charge < -0.3 is 9.84 Å². The highest BCUT2D eigenvalue weighted by Crippen LogP contribution is 2.21. The van der Waals surface area contributed by atoms with Crippen LogP contribution in [-0.2, 0) is 7.05 Å². The normalized spacial score (nSPS) is 10.1. The van der Waals surface area contributed by atoms with Crippen LogP contribution in [0.4, 0.5) is 0 Å². The number of aromatic nitrogens is 2. The second kappa shape index (κ2) is 5.34. The lowest BCUT2D eigenvalue weighted by atomic mass is 10.2. The molecule has 0 spiro atoms. The number of hydrogen-bond acceptors (Lipinski definition) is 3. The van der Waals surface area contributed by atoms with Gasteiger partial charge in [-0.3, -0.25) is 0 Å². The van der Waals surface area contributed by atoms with Gasteiger partial charge in [0.2, 0.25) is 5.88 Å². The summed E-state index contributed by atoms with van der Waals surface area (Å²) in [6.45, 7) is 5.72. The Kier molecular flexibility index (Phi) is 4.10. The number of nitrogens with zero attached hydrogens (tertiary/aromatic N) is 2. The lowest BCUT2D eigenvalue weighted by molar-refractivity contribution is 0.0691. The predicted molar refractivity (Wildman–Crippen MR) is 59.8 cm³/mol. The van der Waals surface area contributed by atoms with Gasteiger partial charge in [-0.15, -0.1) is 6.58 Å². The number of carbonyl (C=O) groups is 1. The van der Waals surface area contributed by atoms with Gasteiger partial charge in [-0.2, -0.15) is 5.10 Å². The molecule has 0 aromatic carbocycles. The summed E-state index contributed by atoms with van der Waals surface area (Å²) in [4.78, 5) is 11.0. The highest BCUT2D eigenvalue weighted by Gasteiger charge is 2.20. The molecule has 5 heteroatoms. The van der Waals surface area contributed by atoms with Crippen LogP contribution in [-0.4, -0.2) is 27.5 Å². The fourth-order valence-electron chi connectivity index (χ4n) is 1.45. The van der Waals surface area contributed by atoms with Gasteiger partial charge in [-0.1, -0.05) is 6.08 Å². The summed E-state index contributed by atoms with van der Waals surface area (Å²) >= 11 is 0. The minimum atomic E-state index is -1.01. The molecule has 0 fully saturated rings. The van der Waals surface area contributed by atoms with Gasteiger partial charge in [0.05, 0.1) is 12.3 Å². The van der Waals surface area contributed by atoms with Crippen LogP contribution in [0.1, 0.15) is 28.9 Å². The van der Waals surface area contributed by atoms with Gasteiger partial charge in [0.1, 0.15) is 5.56 Å². The third kappa shape index (κ3) is 2.62. The van der Waals surface area contributed by atoms with E-state index in [9.17, 15) is 4.79 Å². The number of aryl methyl sites for hydroxylation is 2. The second-order valence-corrected chi connectivity index (χ2v) is 3.47. The highest BCUT2D eigenvalue weighted by molar-refractivity contribution is 5.91. The summed E-state index contributed by atoms with van der Waals surface area (Å²) in [5.74, 6) is -0.696. The SMILES string of the molecule is C=CCCCOc1c(C(=O)O)c(C)nn1C. The molecule has 5 nitrogen and oxygen atoms in total. The second-order valence-electron chi connectivity index (χ2n) is 3.47. The van der Waals surface area contributed by atoms with E-state index in [1.807, 2.05) is 0 Å². The van der Waals surface area contributed by atoms with Crippen molar-refractivity contribution in [3.8, 4) is 5.88 Å². The Balaban J connectivity index is 2.77. The molecule has 0 saturated heterocycles. The van der Waals surface area contributed by atoms with E-state index in [1.54, 1.807) is 20.0 Å². The summed E-state index contributed by atoms with van der Waals surface area (Å²) in [5.41, 5.74) is 0.606. The van der Waals surface area contributed by atoms with E-state index < -0.39 is 5.97 Å². The van der Waals surface area contributed by atoms with E-state index in [0.29, 0.717) is 18.2 Å². The number of hydrogen-bond donors (Lipinski definition) is 1. The number of rotatable bonds is 6. The van der Waals surface area contributed by atoms with Crippen LogP contribution < -0.4 is 4.74 Å². The Morgan fingerprint density at radius 2 is 2.38 bits per heavy atom. The smallest absolute Gasteiger partial charge is 0.343 e. The van der Waals surface area contributed by atoms with Gasteiger partial charge in [0, 0.05) is 7.05 Å². The van der Waals surface area contributed by atoms with Crippen molar-refractivity contribution in [2.45, 2.75) is 19.8 Å². The number of ether oxygens (including phenoxy) is 1. The average Bonchev–Trinajstić information content (AvgIpc) is 2.48. The van der Waals surface area contributed by atoms with E-state index in [0.717, 1.165) is 12.8 Å². The topological polar surface area (TPSA) is 64.3 Å². The Morgan fingerprint density at radius 1 is 1.69 bits per heavy atom. The predicted octanol–water partition coefficient (Wildman–Crippen LogP) is 1.77. The third-order valence-corrected chi connectivity index (χ3v) is 2.17. The molecule has 88 valence electrons. The Morgan fingerprint density at radius 3 is 2.94 bits per heavy atom. The highest BCUT2D eigenvalue weighted by atomic mass is 16.5. The maximum Gasteiger partial charge on any atom is 0.343 e. The number of carboxylic acid groups (broad SMARTS) is 1. The zero-order valence-electron chi connectivity index (χ0n) is 9.56. The minimum absolute atomic E-state index is 0.140. The molecule has 1 N–H and O–H groups in total. The molecule has 0 saturated carbocycles. The molecule has 0 aliphatic heterocycles. The van der Waals surface area contributed by atoms with Crippen molar-refractivity contribution < 1.29 is 14.6 Å². The monoisotopic (exact) mass is 224 g/mol. The van der Waals surface area contributed by atoms with Crippen molar-refractivity contribution in [1.82, 2.24) is 9.78 Å². The van der Waals surface area contributed by atoms with Crippen molar-refractivity contribution in [2.24, 2.45) is 7.05 Å². The fraction of sp³-hybridized carbons (Fsp3) is 0.455. The van der Waals surface area contributed by atoms with E-state index in [2.05, 4.69) is 11.7 Å². The molecule has 0 radical (unpaired) electrons. The summed E-state index contributed by atoms with van der Waals surface area (Å²) in [5, 5.41) is 13.0. The van der Waals surface area contributed by atoms with Crippen LogP contribution in [0, 0.1) is 6.92 Å². The van der Waals surface area contributed by atoms with Crippen LogP contribution in [0.5, 0.6) is 5.88 Å². The maximum atomic E-state index is 11.0. The number of allylic oxidation sites excluding steroid dienone is 1. The molecular weight excluding hydrogens is 208 g/mol. The molecule has 0 bridgehead atoms. The first-order chi connectivity index (χ1) is 7.57. The maximum absolute atomic E-state index is 11.0. The summed E-state index contributed by atoms with van der Waals surface area (Å²) in [6.07, 6.45) is 3.46. The molecule has 0 atom stereocenters. The van der Waals surface area contributed by atoms with Crippen molar-refractivity contribution in [2.75, 3.05) is 6.61 Å². The Labute approximate surface area is 94.3 Å². The van der Waals surface area contributed by atoms with Gasteiger partial charge in [0.25, 0.3) is 0 Å². The van der Waals surface area contributed by atoms with Crippen LogP contribution >= 0.6 is 0 Å². The molecular formula is C11H16N2O3. The first kappa shape index (κ1) is 12.3. The number of aromatic carboxylic acids is 1. The van der Waals surface area contributed by atoms with Gasteiger partial charge in [0.15, 0.2) is 0 Å². The average molecular weight is 224 g/mol. The summed E-state index contributed by atoms with van der Waals surface area (Å²) in [6, 6.07) is 0. The Bertz CT molecular complexity index is 396. The van der Waals surface area contributed by atoms with Gasteiger partial charge >= 0.3 is 5.97 Å². The number of carboxylic acids is 1. The van der Waals surface area contributed by atoms with Gasteiger partial charge in [-0.25, -0.2) is 9.48 Å². The van der Waals surface area contributed by atoms with E-state index in [4.69, 9.17) is 9.84 Å². The van der Waals surface area contributed by atoms with Crippen LogP contribution in [0.2, 0.25) is 0 Å². The summed E-state index contributed by atoms with van der Waals surface area (Å²) < 4.78 is 6.88. The molecule has 1 aromatic rings. The standard InChI is InChI=1S/C11H16N2O3/c1-4-5-6-7-16-10-9(11(14)15)8(2)12-13(10)3/h4H,1,5-7H2,2-3H3,(H,14,15). The molecule has 0 unspecified atom stereocenters. The minimum Gasteiger partial charge on any atom is -0.477 e. The molecule has 0 amide bonds. The molecule has 0 aliphatic rings. The van der Waals surface area contributed by atoms with Crippen LogP contribution in [0.15, 0.2) is 12.7 Å². The largest absolute Gasteiger partial charge is 0.477 e. The first-order valence-corrected chi connectivity index (χ1v) is 5.08. The Hall–Kier alpha value is -1.78. The van der Waals surface area contributed by atoms with Gasteiger partial charge in [-0.05, 0) is 19.8 Å². The molecule has 16 heavy (non-hydrogen) atoms. The van der Waals surface area contributed by atoms with E-state index >= 15 is 0 Å². The van der Waals surface area contributed by atoms with Crippen LogP contribution in [0.25, 0.3) is 0 Å². The van der Waals surface area contributed by atoms with Crippen molar-refractivity contribution in [3.05, 3.63) is 23.9 Å². The van der Waals surface area contributed by atoms with Crippen molar-refractivity contribution in [1.29, 1.82) is 0 Å². The van der Waals surface area contributed by atoms with Crippen LogP contribution in [0.3, 0.4) is 0 Å². The lowest BCUT2D eigenvalue weighted by Gasteiger charge is -2.06. The third-order valence-electron chi connectivity index (χ3n) is 2.17. The number of unbranched alkanes of at least 4 members (excludes halogenated alkanes) is 1. The lowest BCUT2D eigenvalue weighted by Crippen LogP contribution is -2.06. The first-order valence-electron chi connectivity index (χ1n) is 5.08. The quantitative estimate of drug-likeness (QED) is 0.590. The molecule has 0 aliphatic carbocycles. The van der Waals surface area contributed by atoms with E-state index in [-0.39, 0.29) is 5.56 Å². The summed E-state index contributed by atoms with van der Waals surface area (Å²) in [7, 11) is 1.67. The molecule has 1 aromatic heterocycles. The zero-order chi connectivity index (χ0) is 12.1. The zero-order valence-corrected chi connectivity index (χ0v) is 9.56. The van der Waals surface area contributed by atoms with Crippen molar-refractivity contribution >= 4 is 5.97 Å². The fourth-order valence-corrected chi connectivity index (χ4v) is 1.45. The van der Waals surface area contributed by atoms with E-state index in [1.165, 1.54) is 4.68 Å². The molecule has 1 heterocycles.